The van der Waals surface area contributed by atoms with Gasteiger partial charge in [-0.25, -0.2) is 0 Å². The highest BCUT2D eigenvalue weighted by atomic mass is 15.1. The molecule has 14 rings (SSSR count). The first-order valence-electron chi connectivity index (χ1n) is 25.3. The van der Waals surface area contributed by atoms with Gasteiger partial charge in [-0.2, -0.15) is 0 Å². The van der Waals surface area contributed by atoms with E-state index in [2.05, 4.69) is 310 Å². The highest BCUT2D eigenvalue weighted by Crippen LogP contribution is 2.43. The Balaban J connectivity index is 0.841. The molecule has 0 fully saturated rings. The molecular formula is C70H48N4. The molecule has 0 N–H and O–H groups in total. The lowest BCUT2D eigenvalue weighted by molar-refractivity contribution is 1.18. The summed E-state index contributed by atoms with van der Waals surface area (Å²) >= 11 is 0. The van der Waals surface area contributed by atoms with E-state index in [9.17, 15) is 0 Å². The molecule has 2 aromatic heterocycles. The van der Waals surface area contributed by atoms with Gasteiger partial charge in [-0.15, -0.1) is 0 Å². The van der Waals surface area contributed by atoms with Crippen molar-refractivity contribution in [2.75, 3.05) is 9.80 Å². The summed E-state index contributed by atoms with van der Waals surface area (Å²) < 4.78 is 4.82. The van der Waals surface area contributed by atoms with Crippen LogP contribution in [0.4, 0.5) is 34.1 Å². The number of rotatable bonds is 10. The average Bonchev–Trinajstić information content (AvgIpc) is 3.99. The van der Waals surface area contributed by atoms with E-state index in [1.165, 1.54) is 76.6 Å². The molecule has 12 aromatic carbocycles. The smallest absolute Gasteiger partial charge is 0.0542 e. The van der Waals surface area contributed by atoms with Crippen LogP contribution in [-0.4, -0.2) is 9.13 Å². The topological polar surface area (TPSA) is 16.3 Å². The molecule has 0 aliphatic rings. The quantitative estimate of drug-likeness (QED) is 0.136. The Morgan fingerprint density at radius 1 is 0.216 bits per heavy atom. The van der Waals surface area contributed by atoms with Gasteiger partial charge in [0.25, 0.3) is 0 Å². The van der Waals surface area contributed by atoms with Crippen LogP contribution in [0.25, 0.3) is 88.0 Å². The van der Waals surface area contributed by atoms with Crippen molar-refractivity contribution in [3.63, 3.8) is 0 Å². The molecule has 4 heteroatoms. The average molecular weight is 945 g/mol. The molecule has 0 aliphatic carbocycles. The van der Waals surface area contributed by atoms with Crippen molar-refractivity contribution in [2.45, 2.75) is 0 Å². The zero-order chi connectivity index (χ0) is 49.0. The minimum Gasteiger partial charge on any atom is -0.310 e. The number of benzene rings is 12. The minimum atomic E-state index is 1.11. The summed E-state index contributed by atoms with van der Waals surface area (Å²) in [4.78, 5) is 4.67. The van der Waals surface area contributed by atoms with E-state index in [4.69, 9.17) is 0 Å². The highest BCUT2D eigenvalue weighted by molar-refractivity contribution is 6.12. The summed E-state index contributed by atoms with van der Waals surface area (Å²) in [6.45, 7) is 0. The van der Waals surface area contributed by atoms with Crippen LogP contribution in [0.3, 0.4) is 0 Å². The molecule has 74 heavy (non-hydrogen) atoms. The first-order valence-corrected chi connectivity index (χ1v) is 25.3. The first kappa shape index (κ1) is 42.9. The fourth-order valence-corrected chi connectivity index (χ4v) is 11.3. The number of nitrogens with zero attached hydrogens (tertiary/aromatic N) is 4. The summed E-state index contributed by atoms with van der Waals surface area (Å²) in [6.07, 6.45) is 0. The van der Waals surface area contributed by atoms with E-state index in [0.29, 0.717) is 0 Å². The Morgan fingerprint density at radius 3 is 0.892 bits per heavy atom. The van der Waals surface area contributed by atoms with Crippen molar-refractivity contribution in [1.29, 1.82) is 0 Å². The second-order valence-electron chi connectivity index (χ2n) is 19.0. The van der Waals surface area contributed by atoms with Crippen molar-refractivity contribution in [1.82, 2.24) is 9.13 Å². The van der Waals surface area contributed by atoms with Gasteiger partial charge in [-0.05, 0) is 166 Å². The molecule has 0 unspecified atom stereocenters. The third-order valence-corrected chi connectivity index (χ3v) is 14.6. The van der Waals surface area contributed by atoms with E-state index in [0.717, 1.165) is 45.5 Å². The molecule has 2 heterocycles. The van der Waals surface area contributed by atoms with Crippen LogP contribution in [0, 0.1) is 0 Å². The molecule has 0 saturated carbocycles. The summed E-state index contributed by atoms with van der Waals surface area (Å²) in [5, 5.41) is 7.29. The van der Waals surface area contributed by atoms with Gasteiger partial charge in [0.2, 0.25) is 0 Å². The Labute approximate surface area is 430 Å². The van der Waals surface area contributed by atoms with Gasteiger partial charge in [-0.3, -0.25) is 0 Å². The van der Waals surface area contributed by atoms with Gasteiger partial charge in [0.05, 0.1) is 22.1 Å². The molecule has 0 saturated heterocycles. The van der Waals surface area contributed by atoms with Crippen LogP contribution < -0.4 is 9.80 Å². The number of anilines is 6. The summed E-state index contributed by atoms with van der Waals surface area (Å²) in [5.74, 6) is 0. The van der Waals surface area contributed by atoms with E-state index >= 15 is 0 Å². The SMILES string of the molecule is c1ccc(N(c2ccccc2)c2ccc3c(c2)c2ccccc2n3-c2ccc(-c3cc4ccccc4cc3-c3ccc(-n4c5ccccc5c5cc(N(c6ccccc6)c6ccccc6)ccc54)cc3)cc2)cc1. The summed E-state index contributed by atoms with van der Waals surface area (Å²) in [5.41, 5.74) is 18.4. The van der Waals surface area contributed by atoms with Crippen LogP contribution in [0.5, 0.6) is 0 Å². The molecule has 0 aliphatic heterocycles. The van der Waals surface area contributed by atoms with E-state index in [1.807, 2.05) is 0 Å². The van der Waals surface area contributed by atoms with Gasteiger partial charge in [0.1, 0.15) is 0 Å². The van der Waals surface area contributed by atoms with Crippen molar-refractivity contribution in [3.05, 3.63) is 291 Å². The summed E-state index contributed by atoms with van der Waals surface area (Å²) in [6, 6.07) is 106. The number of para-hydroxylation sites is 6. The minimum absolute atomic E-state index is 1.11. The first-order chi connectivity index (χ1) is 36.7. The number of hydrogen-bond donors (Lipinski definition) is 0. The molecule has 0 bridgehead atoms. The number of aromatic nitrogens is 2. The fourth-order valence-electron chi connectivity index (χ4n) is 11.3. The Bertz CT molecular complexity index is 3970. The maximum Gasteiger partial charge on any atom is 0.0542 e. The van der Waals surface area contributed by atoms with Crippen LogP contribution in [0.1, 0.15) is 0 Å². The molecule has 0 spiro atoms. The third-order valence-electron chi connectivity index (χ3n) is 14.6. The second-order valence-corrected chi connectivity index (χ2v) is 19.0. The lowest BCUT2D eigenvalue weighted by atomic mass is 9.91. The maximum atomic E-state index is 2.41. The predicted octanol–water partition coefficient (Wildman–Crippen LogP) is 19.3. The van der Waals surface area contributed by atoms with Crippen molar-refractivity contribution < 1.29 is 0 Å². The molecule has 14 aromatic rings. The largest absolute Gasteiger partial charge is 0.310 e. The number of fused-ring (bicyclic) bond motifs is 7. The van der Waals surface area contributed by atoms with E-state index in [-0.39, 0.29) is 0 Å². The molecule has 4 nitrogen and oxygen atoms in total. The van der Waals surface area contributed by atoms with Crippen LogP contribution in [0.2, 0.25) is 0 Å². The van der Waals surface area contributed by atoms with Gasteiger partial charge < -0.3 is 18.9 Å². The summed E-state index contributed by atoms with van der Waals surface area (Å²) in [7, 11) is 0. The fraction of sp³-hybridized carbons (Fsp3) is 0. The van der Waals surface area contributed by atoms with E-state index < -0.39 is 0 Å². The Hall–Kier alpha value is -9.90. The number of hydrogen-bond acceptors (Lipinski definition) is 2. The standard InChI is InChI=1S/C70H48N4/c1-5-21-53(22-6-1)71(54-23-7-2-8-24-54)59-41-43-69-65(47-59)61-29-15-17-31-67(61)73(69)57-37-33-49(34-38-57)63-45-51-19-13-14-20-52(51)46-64(63)50-35-39-58(40-36-50)74-68-32-18-16-30-62(68)66-48-60(42-44-70(66)74)72(55-25-9-3-10-26-55)56-27-11-4-12-28-56/h1-48H. The second kappa shape index (κ2) is 18.1. The predicted molar refractivity (Wildman–Crippen MR) is 313 cm³/mol. The lowest BCUT2D eigenvalue weighted by Crippen LogP contribution is -2.09. The molecule has 0 amide bonds. The van der Waals surface area contributed by atoms with Gasteiger partial charge >= 0.3 is 0 Å². The van der Waals surface area contributed by atoms with Crippen molar-refractivity contribution in [2.24, 2.45) is 0 Å². The maximum absolute atomic E-state index is 2.41. The van der Waals surface area contributed by atoms with Gasteiger partial charge in [-0.1, -0.05) is 158 Å². The van der Waals surface area contributed by atoms with Gasteiger partial charge in [0.15, 0.2) is 0 Å². The molecule has 348 valence electrons. The third kappa shape index (κ3) is 7.39. The van der Waals surface area contributed by atoms with Crippen molar-refractivity contribution >= 4 is 88.5 Å². The van der Waals surface area contributed by atoms with Crippen LogP contribution in [0.15, 0.2) is 291 Å². The zero-order valence-corrected chi connectivity index (χ0v) is 40.5. The normalized spacial score (nSPS) is 11.5. The monoisotopic (exact) mass is 944 g/mol. The van der Waals surface area contributed by atoms with Crippen molar-refractivity contribution in [3.8, 4) is 33.6 Å². The van der Waals surface area contributed by atoms with Crippen LogP contribution >= 0.6 is 0 Å². The zero-order valence-electron chi connectivity index (χ0n) is 40.5. The Kier molecular flexibility index (Phi) is 10.5. The van der Waals surface area contributed by atoms with Crippen LogP contribution in [-0.2, 0) is 0 Å². The molecule has 0 radical (unpaired) electrons. The molecule has 0 atom stereocenters. The Morgan fingerprint density at radius 2 is 0.527 bits per heavy atom. The highest BCUT2D eigenvalue weighted by Gasteiger charge is 2.20. The van der Waals surface area contributed by atoms with Gasteiger partial charge in [0, 0.05) is 67.0 Å². The lowest BCUT2D eigenvalue weighted by Gasteiger charge is -2.25. The van der Waals surface area contributed by atoms with E-state index in [1.54, 1.807) is 0 Å². The molecular weight excluding hydrogens is 897 g/mol.